The van der Waals surface area contributed by atoms with Crippen molar-refractivity contribution in [1.29, 1.82) is 0 Å². The molecule has 0 aromatic carbocycles. The fourth-order valence-electron chi connectivity index (χ4n) is 2.90. The molecule has 0 aromatic heterocycles. The molecule has 0 unspecified atom stereocenters. The lowest BCUT2D eigenvalue weighted by Gasteiger charge is -2.29. The zero-order valence-electron chi connectivity index (χ0n) is 19.9. The number of likely N-dealkylation sites (N-methyl/N-ethyl adjacent to an activating group) is 1. The Labute approximate surface area is 180 Å². The van der Waals surface area contributed by atoms with Crippen LogP contribution in [-0.4, -0.2) is 103 Å². The van der Waals surface area contributed by atoms with Gasteiger partial charge in [0.05, 0.1) is 34.0 Å². The van der Waals surface area contributed by atoms with Gasteiger partial charge in [0.2, 0.25) is 5.91 Å². The number of nitrogens with zero attached hydrogens (tertiary/aromatic N) is 2. The summed E-state index contributed by atoms with van der Waals surface area (Å²) in [7, 11) is 8.61. The van der Waals surface area contributed by atoms with E-state index in [1.54, 1.807) is 0 Å². The molecule has 7 nitrogen and oxygen atoms in total. The maximum atomic E-state index is 11.9. The number of rotatable bonds is 21. The number of carbonyl (C=O) groups excluding carboxylic acids is 1. The molecule has 0 saturated carbocycles. The molecule has 0 atom stereocenters. The van der Waals surface area contributed by atoms with Gasteiger partial charge < -0.3 is 24.2 Å². The molecule has 0 rings (SSSR count). The van der Waals surface area contributed by atoms with Crippen LogP contribution in [0.3, 0.4) is 0 Å². The molecular formula is C22H49N4O3+. The summed E-state index contributed by atoms with van der Waals surface area (Å²) in [6.07, 6.45) is 6.81. The van der Waals surface area contributed by atoms with Crippen molar-refractivity contribution in [2.45, 2.75) is 51.9 Å². The van der Waals surface area contributed by atoms with Gasteiger partial charge in [-0.3, -0.25) is 10.1 Å². The van der Waals surface area contributed by atoms with Crippen molar-refractivity contribution >= 4 is 5.91 Å². The fourth-order valence-corrected chi connectivity index (χ4v) is 2.90. The minimum absolute atomic E-state index is 0.171. The molecule has 2 N–H and O–H groups in total. The van der Waals surface area contributed by atoms with E-state index in [4.69, 9.17) is 9.47 Å². The summed E-state index contributed by atoms with van der Waals surface area (Å²) in [6, 6.07) is 0. The minimum Gasteiger partial charge on any atom is -0.376 e. The lowest BCUT2D eigenvalue weighted by atomic mass is 10.2. The quantitative estimate of drug-likeness (QED) is 0.170. The van der Waals surface area contributed by atoms with E-state index >= 15 is 0 Å². The number of hydrogen-bond acceptors (Lipinski definition) is 5. The number of carbonyl (C=O) groups is 1. The lowest BCUT2D eigenvalue weighted by molar-refractivity contribution is -0.890. The molecule has 0 fully saturated rings. The number of hydrogen-bond donors (Lipinski definition) is 2. The molecule has 7 heteroatoms. The third-order valence-electron chi connectivity index (χ3n) is 4.81. The molecule has 0 radical (unpaired) electrons. The predicted molar refractivity (Wildman–Crippen MR) is 121 cm³/mol. The first kappa shape index (κ1) is 28.3. The summed E-state index contributed by atoms with van der Waals surface area (Å²) in [5, 5.41) is 6.33. The van der Waals surface area contributed by atoms with Gasteiger partial charge in [-0.15, -0.1) is 0 Å². The van der Waals surface area contributed by atoms with Crippen molar-refractivity contribution < 1.29 is 18.8 Å². The highest BCUT2D eigenvalue weighted by molar-refractivity contribution is 5.75. The minimum atomic E-state index is 0.171. The van der Waals surface area contributed by atoms with E-state index in [-0.39, 0.29) is 5.91 Å². The van der Waals surface area contributed by atoms with Crippen LogP contribution in [0.25, 0.3) is 0 Å². The van der Waals surface area contributed by atoms with Crippen LogP contribution < -0.4 is 10.6 Å². The van der Waals surface area contributed by atoms with Crippen LogP contribution >= 0.6 is 0 Å². The van der Waals surface area contributed by atoms with E-state index in [0.717, 1.165) is 95.6 Å². The highest BCUT2D eigenvalue weighted by Gasteiger charge is 2.14. The zero-order chi connectivity index (χ0) is 21.8. The summed E-state index contributed by atoms with van der Waals surface area (Å²) in [5.41, 5.74) is 0. The number of quaternary nitrogens is 1. The van der Waals surface area contributed by atoms with Crippen LogP contribution in [0.1, 0.15) is 51.9 Å². The van der Waals surface area contributed by atoms with E-state index < -0.39 is 0 Å². The number of nitrogens with one attached hydrogen (secondary N) is 2. The fraction of sp³-hybridized carbons (Fsp3) is 0.955. The Morgan fingerprint density at radius 1 is 0.897 bits per heavy atom. The van der Waals surface area contributed by atoms with Gasteiger partial charge in [0.25, 0.3) is 0 Å². The number of unbranched alkanes of at least 4 members (excludes halogenated alkanes) is 2. The molecule has 0 aliphatic carbocycles. The highest BCUT2D eigenvalue weighted by Crippen LogP contribution is 2.01. The van der Waals surface area contributed by atoms with E-state index in [1.807, 2.05) is 0 Å². The molecule has 0 aromatic rings. The Morgan fingerprint density at radius 3 is 2.41 bits per heavy atom. The summed E-state index contributed by atoms with van der Waals surface area (Å²) in [6.45, 7) is 10.1. The van der Waals surface area contributed by atoms with Crippen LogP contribution in [0.4, 0.5) is 0 Å². The molecular weight excluding hydrogens is 368 g/mol. The number of ether oxygens (including phenoxy) is 2. The van der Waals surface area contributed by atoms with E-state index in [0.29, 0.717) is 13.2 Å². The van der Waals surface area contributed by atoms with Gasteiger partial charge in [-0.05, 0) is 52.9 Å². The second-order valence-electron chi connectivity index (χ2n) is 8.72. The normalized spacial score (nSPS) is 11.9. The Bertz CT molecular complexity index is 379. The average molecular weight is 418 g/mol. The summed E-state index contributed by atoms with van der Waals surface area (Å²) in [4.78, 5) is 14.1. The van der Waals surface area contributed by atoms with Crippen LogP contribution in [0.2, 0.25) is 0 Å². The van der Waals surface area contributed by atoms with Crippen molar-refractivity contribution in [3.63, 3.8) is 0 Å². The molecule has 0 bridgehead atoms. The van der Waals surface area contributed by atoms with Gasteiger partial charge in [-0.1, -0.05) is 13.3 Å². The molecule has 0 aliphatic rings. The molecule has 0 heterocycles. The third kappa shape index (κ3) is 21.8. The molecule has 0 aliphatic heterocycles. The first-order valence-electron chi connectivity index (χ1n) is 11.5. The molecule has 174 valence electrons. The van der Waals surface area contributed by atoms with Crippen LogP contribution in [0.15, 0.2) is 0 Å². The van der Waals surface area contributed by atoms with E-state index in [1.165, 1.54) is 0 Å². The second-order valence-corrected chi connectivity index (χ2v) is 8.72. The topological polar surface area (TPSA) is 62.8 Å². The second kappa shape index (κ2) is 19.2. The molecule has 0 saturated heterocycles. The summed E-state index contributed by atoms with van der Waals surface area (Å²) < 4.78 is 12.1. The first-order valence-corrected chi connectivity index (χ1v) is 11.5. The Kier molecular flexibility index (Phi) is 18.8. The number of amides is 1. The Balaban J connectivity index is 3.39. The monoisotopic (exact) mass is 417 g/mol. The van der Waals surface area contributed by atoms with Gasteiger partial charge in [0.1, 0.15) is 6.54 Å². The predicted octanol–water partition coefficient (Wildman–Crippen LogP) is 2.07. The smallest absolute Gasteiger partial charge is 0.219 e. The highest BCUT2D eigenvalue weighted by atomic mass is 16.5. The van der Waals surface area contributed by atoms with Gasteiger partial charge in [-0.25, -0.2) is 0 Å². The van der Waals surface area contributed by atoms with Crippen molar-refractivity contribution in [2.24, 2.45) is 0 Å². The molecule has 29 heavy (non-hydrogen) atoms. The van der Waals surface area contributed by atoms with E-state index in [9.17, 15) is 4.79 Å². The average Bonchev–Trinajstić information content (AvgIpc) is 2.66. The third-order valence-corrected chi connectivity index (χ3v) is 4.81. The molecule has 1 amide bonds. The summed E-state index contributed by atoms with van der Waals surface area (Å²) in [5.74, 6) is 0.171. The van der Waals surface area contributed by atoms with Gasteiger partial charge in [0.15, 0.2) is 0 Å². The van der Waals surface area contributed by atoms with Gasteiger partial charge in [-0.2, -0.15) is 0 Å². The van der Waals surface area contributed by atoms with Gasteiger partial charge >= 0.3 is 0 Å². The Morgan fingerprint density at radius 2 is 1.69 bits per heavy atom. The Hall–Kier alpha value is -0.730. The van der Waals surface area contributed by atoms with Crippen LogP contribution in [0, 0.1) is 0 Å². The van der Waals surface area contributed by atoms with Crippen LogP contribution in [0.5, 0.6) is 0 Å². The van der Waals surface area contributed by atoms with E-state index in [2.05, 4.69) is 50.6 Å². The lowest BCUT2D eigenvalue weighted by Crippen LogP contribution is -2.44. The van der Waals surface area contributed by atoms with Crippen LogP contribution in [-0.2, 0) is 14.3 Å². The SMILES string of the molecule is CCCOCC[N+](C)(C)CCCNC(=O)CCCCCOCNCCCN(C)C. The summed E-state index contributed by atoms with van der Waals surface area (Å²) >= 11 is 0. The van der Waals surface area contributed by atoms with Crippen molar-refractivity contribution in [1.82, 2.24) is 15.5 Å². The largest absolute Gasteiger partial charge is 0.376 e. The van der Waals surface area contributed by atoms with Crippen molar-refractivity contribution in [3.05, 3.63) is 0 Å². The zero-order valence-corrected chi connectivity index (χ0v) is 19.9. The van der Waals surface area contributed by atoms with Crippen molar-refractivity contribution in [2.75, 3.05) is 87.5 Å². The molecule has 0 spiro atoms. The standard InChI is InChI=1S/C22H48N4O3/c1-6-18-28-20-17-26(4,5)16-11-14-24-22(27)12-8-7-9-19-29-21-23-13-10-15-25(2)3/h23H,6-21H2,1-5H3/p+1. The maximum absolute atomic E-state index is 11.9. The van der Waals surface area contributed by atoms with Crippen molar-refractivity contribution in [3.8, 4) is 0 Å². The first-order chi connectivity index (χ1) is 13.9. The van der Waals surface area contributed by atoms with Gasteiger partial charge in [0, 0.05) is 32.6 Å². The maximum Gasteiger partial charge on any atom is 0.219 e.